The standard InChI is InChI=1S/C19H24N4O2/c24-19(21-11-9-15-4-3-10-20-12-15)23-14-16-7-8-18(22-13-16)25-17-5-1-2-6-17/h3-4,7-8,10,12-13,17H,1-2,5-6,9,11,14H2,(H2,21,23,24). The van der Waals surface area contributed by atoms with Crippen LogP contribution in [0.5, 0.6) is 5.88 Å². The lowest BCUT2D eigenvalue weighted by Gasteiger charge is -2.12. The topological polar surface area (TPSA) is 76.1 Å². The number of rotatable bonds is 7. The van der Waals surface area contributed by atoms with Crippen LogP contribution in [0.15, 0.2) is 42.9 Å². The minimum atomic E-state index is -0.185. The Labute approximate surface area is 148 Å². The van der Waals surface area contributed by atoms with E-state index in [9.17, 15) is 4.79 Å². The zero-order valence-corrected chi connectivity index (χ0v) is 14.3. The van der Waals surface area contributed by atoms with Crippen molar-refractivity contribution < 1.29 is 9.53 Å². The van der Waals surface area contributed by atoms with Crippen LogP contribution in [0.25, 0.3) is 0 Å². The summed E-state index contributed by atoms with van der Waals surface area (Å²) in [5.41, 5.74) is 2.05. The highest BCUT2D eigenvalue weighted by Gasteiger charge is 2.16. The van der Waals surface area contributed by atoms with Gasteiger partial charge in [-0.05, 0) is 49.3 Å². The van der Waals surface area contributed by atoms with Crippen LogP contribution in [0.3, 0.4) is 0 Å². The van der Waals surface area contributed by atoms with Crippen LogP contribution in [-0.4, -0.2) is 28.6 Å². The number of amides is 2. The maximum absolute atomic E-state index is 11.8. The lowest BCUT2D eigenvalue weighted by atomic mass is 10.2. The largest absolute Gasteiger partial charge is 0.474 e. The molecule has 2 aromatic rings. The molecule has 2 aromatic heterocycles. The fourth-order valence-electron chi connectivity index (χ4n) is 2.87. The van der Waals surface area contributed by atoms with Gasteiger partial charge in [0.1, 0.15) is 6.10 Å². The number of carbonyl (C=O) groups is 1. The summed E-state index contributed by atoms with van der Waals surface area (Å²) in [6, 6.07) is 7.51. The normalized spacial score (nSPS) is 14.2. The highest BCUT2D eigenvalue weighted by Crippen LogP contribution is 2.22. The fourth-order valence-corrected chi connectivity index (χ4v) is 2.87. The number of aromatic nitrogens is 2. The van der Waals surface area contributed by atoms with Crippen molar-refractivity contribution in [1.82, 2.24) is 20.6 Å². The number of urea groups is 1. The van der Waals surface area contributed by atoms with Gasteiger partial charge in [0.15, 0.2) is 0 Å². The number of hydrogen-bond donors (Lipinski definition) is 2. The van der Waals surface area contributed by atoms with Crippen LogP contribution in [0.4, 0.5) is 4.79 Å². The Kier molecular flexibility index (Phi) is 6.20. The van der Waals surface area contributed by atoms with E-state index in [0.717, 1.165) is 30.4 Å². The molecule has 0 spiro atoms. The third kappa shape index (κ3) is 5.74. The first-order valence-electron chi connectivity index (χ1n) is 8.82. The molecule has 0 saturated heterocycles. The highest BCUT2D eigenvalue weighted by atomic mass is 16.5. The lowest BCUT2D eigenvalue weighted by molar-refractivity contribution is 0.201. The Balaban J connectivity index is 1.35. The van der Waals surface area contributed by atoms with Crippen LogP contribution in [-0.2, 0) is 13.0 Å². The maximum Gasteiger partial charge on any atom is 0.315 e. The number of nitrogens with zero attached hydrogens (tertiary/aromatic N) is 2. The molecule has 3 rings (SSSR count). The van der Waals surface area contributed by atoms with Crippen LogP contribution < -0.4 is 15.4 Å². The van der Waals surface area contributed by atoms with E-state index >= 15 is 0 Å². The molecule has 2 heterocycles. The number of nitrogens with one attached hydrogen (secondary N) is 2. The molecule has 1 saturated carbocycles. The molecule has 0 unspecified atom stereocenters. The summed E-state index contributed by atoms with van der Waals surface area (Å²) in [7, 11) is 0. The quantitative estimate of drug-likeness (QED) is 0.812. The van der Waals surface area contributed by atoms with Crippen LogP contribution in [0.1, 0.15) is 36.8 Å². The number of hydrogen-bond acceptors (Lipinski definition) is 4. The Morgan fingerprint density at radius 3 is 2.72 bits per heavy atom. The summed E-state index contributed by atoms with van der Waals surface area (Å²) in [5.74, 6) is 0.663. The van der Waals surface area contributed by atoms with Crippen molar-refractivity contribution in [3.8, 4) is 5.88 Å². The Hall–Kier alpha value is -2.63. The fraction of sp³-hybridized carbons (Fsp3) is 0.421. The average Bonchev–Trinajstić information content (AvgIpc) is 3.15. The van der Waals surface area contributed by atoms with Crippen molar-refractivity contribution in [2.75, 3.05) is 6.54 Å². The van der Waals surface area contributed by atoms with Crippen LogP contribution in [0, 0.1) is 0 Å². The third-order valence-electron chi connectivity index (χ3n) is 4.26. The molecule has 1 aliphatic carbocycles. The van der Waals surface area contributed by atoms with Crippen molar-refractivity contribution in [1.29, 1.82) is 0 Å². The molecular weight excluding hydrogens is 316 g/mol. The lowest BCUT2D eigenvalue weighted by Crippen LogP contribution is -2.36. The van der Waals surface area contributed by atoms with Gasteiger partial charge in [0.25, 0.3) is 0 Å². The van der Waals surface area contributed by atoms with Gasteiger partial charge in [-0.2, -0.15) is 0 Å². The summed E-state index contributed by atoms with van der Waals surface area (Å²) in [4.78, 5) is 20.2. The second-order valence-corrected chi connectivity index (χ2v) is 6.25. The Morgan fingerprint density at radius 1 is 1.12 bits per heavy atom. The van der Waals surface area contributed by atoms with Crippen molar-refractivity contribution in [3.63, 3.8) is 0 Å². The van der Waals surface area contributed by atoms with Crippen molar-refractivity contribution in [2.45, 2.75) is 44.8 Å². The molecule has 0 bridgehead atoms. The zero-order valence-electron chi connectivity index (χ0n) is 14.3. The summed E-state index contributed by atoms with van der Waals surface area (Å²) in [5, 5.41) is 5.67. The van der Waals surface area contributed by atoms with E-state index in [-0.39, 0.29) is 6.03 Å². The van der Waals surface area contributed by atoms with Gasteiger partial charge in [0.05, 0.1) is 0 Å². The third-order valence-corrected chi connectivity index (χ3v) is 4.26. The van der Waals surface area contributed by atoms with Gasteiger partial charge < -0.3 is 15.4 Å². The number of carbonyl (C=O) groups excluding carboxylic acids is 1. The molecule has 132 valence electrons. The molecule has 0 aliphatic heterocycles. The summed E-state index contributed by atoms with van der Waals surface area (Å²) >= 11 is 0. The summed E-state index contributed by atoms with van der Waals surface area (Å²) in [6.07, 6.45) is 11.1. The van der Waals surface area contributed by atoms with E-state index in [1.54, 1.807) is 18.6 Å². The first kappa shape index (κ1) is 17.2. The average molecular weight is 340 g/mol. The summed E-state index contributed by atoms with van der Waals surface area (Å²) in [6.45, 7) is 1.01. The number of pyridine rings is 2. The zero-order chi connectivity index (χ0) is 17.3. The van der Waals surface area contributed by atoms with E-state index in [1.165, 1.54) is 12.8 Å². The van der Waals surface area contributed by atoms with Crippen molar-refractivity contribution >= 4 is 6.03 Å². The van der Waals surface area contributed by atoms with E-state index in [2.05, 4.69) is 20.6 Å². The van der Waals surface area contributed by atoms with Crippen molar-refractivity contribution in [3.05, 3.63) is 54.0 Å². The molecular formula is C19H24N4O2. The molecule has 0 atom stereocenters. The van der Waals surface area contributed by atoms with Crippen LogP contribution >= 0.6 is 0 Å². The molecule has 0 aromatic carbocycles. The van der Waals surface area contributed by atoms with E-state index in [0.29, 0.717) is 25.1 Å². The van der Waals surface area contributed by atoms with Gasteiger partial charge in [0, 0.05) is 37.7 Å². The monoisotopic (exact) mass is 340 g/mol. The predicted molar refractivity (Wildman–Crippen MR) is 95.3 cm³/mol. The Morgan fingerprint density at radius 2 is 2.00 bits per heavy atom. The van der Waals surface area contributed by atoms with E-state index < -0.39 is 0 Å². The molecule has 6 heteroatoms. The second-order valence-electron chi connectivity index (χ2n) is 6.25. The predicted octanol–water partition coefficient (Wildman–Crippen LogP) is 2.84. The van der Waals surface area contributed by atoms with Gasteiger partial charge in [-0.3, -0.25) is 4.98 Å². The molecule has 1 aliphatic rings. The molecule has 1 fully saturated rings. The van der Waals surface area contributed by atoms with Crippen molar-refractivity contribution in [2.24, 2.45) is 0 Å². The van der Waals surface area contributed by atoms with Crippen LogP contribution in [0.2, 0.25) is 0 Å². The molecule has 6 nitrogen and oxygen atoms in total. The molecule has 25 heavy (non-hydrogen) atoms. The van der Waals surface area contributed by atoms with Gasteiger partial charge in [-0.25, -0.2) is 9.78 Å². The van der Waals surface area contributed by atoms with E-state index in [4.69, 9.17) is 4.74 Å². The SMILES string of the molecule is O=C(NCCc1cccnc1)NCc1ccc(OC2CCCC2)nc1. The van der Waals surface area contributed by atoms with Gasteiger partial charge in [0.2, 0.25) is 5.88 Å². The second kappa shape index (κ2) is 9.01. The maximum atomic E-state index is 11.8. The number of ether oxygens (including phenoxy) is 1. The minimum absolute atomic E-state index is 0.185. The first-order valence-corrected chi connectivity index (χ1v) is 8.82. The molecule has 0 radical (unpaired) electrons. The van der Waals surface area contributed by atoms with E-state index in [1.807, 2.05) is 24.3 Å². The Bertz CT molecular complexity index is 655. The minimum Gasteiger partial charge on any atom is -0.474 e. The highest BCUT2D eigenvalue weighted by molar-refractivity contribution is 5.73. The van der Waals surface area contributed by atoms with Gasteiger partial charge in [-0.1, -0.05) is 12.1 Å². The summed E-state index contributed by atoms with van der Waals surface area (Å²) < 4.78 is 5.84. The molecule has 2 amide bonds. The molecule has 2 N–H and O–H groups in total. The van der Waals surface area contributed by atoms with Gasteiger partial charge >= 0.3 is 6.03 Å². The first-order chi connectivity index (χ1) is 12.3. The smallest absolute Gasteiger partial charge is 0.315 e. The van der Waals surface area contributed by atoms with Gasteiger partial charge in [-0.15, -0.1) is 0 Å².